The minimum absolute atomic E-state index is 0.136. The molecular formula is C26H29ClN2O5. The lowest BCUT2D eigenvalue weighted by Gasteiger charge is -2.35. The van der Waals surface area contributed by atoms with E-state index in [4.69, 9.17) is 25.8 Å². The van der Waals surface area contributed by atoms with Crippen LogP contribution in [0.3, 0.4) is 0 Å². The highest BCUT2D eigenvalue weighted by Gasteiger charge is 2.60. The van der Waals surface area contributed by atoms with Gasteiger partial charge in [0.25, 0.3) is 0 Å². The highest BCUT2D eigenvalue weighted by Crippen LogP contribution is 2.52. The summed E-state index contributed by atoms with van der Waals surface area (Å²) in [5.41, 5.74) is 0.493. The van der Waals surface area contributed by atoms with Crippen LogP contribution in [0.4, 0.5) is 5.69 Å². The highest BCUT2D eigenvalue weighted by molar-refractivity contribution is 6.36. The molecule has 1 spiro atoms. The number of hydrogen-bond donors (Lipinski definition) is 1. The molecule has 1 heterocycles. The molecule has 0 unspecified atom stereocenters. The lowest BCUT2D eigenvalue weighted by atomic mass is 9.74. The van der Waals surface area contributed by atoms with Crippen LogP contribution in [-0.2, 0) is 4.79 Å². The smallest absolute Gasteiger partial charge is 0.236 e. The minimum Gasteiger partial charge on any atom is -0.496 e. The number of fused-ring (bicyclic) bond motifs is 1. The quantitative estimate of drug-likeness (QED) is 0.442. The molecule has 0 saturated heterocycles. The van der Waals surface area contributed by atoms with Gasteiger partial charge in [0.2, 0.25) is 17.2 Å². The molecule has 0 amide bonds. The van der Waals surface area contributed by atoms with Crippen LogP contribution in [0.15, 0.2) is 48.2 Å². The van der Waals surface area contributed by atoms with Crippen LogP contribution in [0.25, 0.3) is 0 Å². The number of nitrogens with one attached hydrogen (secondary N) is 1. The van der Waals surface area contributed by atoms with Gasteiger partial charge in [-0.2, -0.15) is 0 Å². The molecule has 0 bridgehead atoms. The predicted molar refractivity (Wildman–Crippen MR) is 131 cm³/mol. The monoisotopic (exact) mass is 484 g/mol. The Balaban J connectivity index is 1.47. The second-order valence-electron chi connectivity index (χ2n) is 8.64. The maximum Gasteiger partial charge on any atom is 0.236 e. The summed E-state index contributed by atoms with van der Waals surface area (Å²) in [5, 5.41) is 3.51. The Morgan fingerprint density at radius 2 is 1.88 bits per heavy atom. The number of allylic oxidation sites excluding steroid dienone is 1. The number of rotatable bonds is 8. The summed E-state index contributed by atoms with van der Waals surface area (Å²) in [6, 6.07) is 11.7. The summed E-state index contributed by atoms with van der Waals surface area (Å²) < 4.78 is 16.7. The van der Waals surface area contributed by atoms with Gasteiger partial charge in [0.05, 0.1) is 14.2 Å². The number of para-hydroxylation sites is 1. The number of hydrogen-bond acceptors (Lipinski definition) is 7. The first kappa shape index (κ1) is 24.0. The largest absolute Gasteiger partial charge is 0.496 e. The predicted octanol–water partition coefficient (Wildman–Crippen LogP) is 4.28. The number of benzene rings is 2. The van der Waals surface area contributed by atoms with Gasteiger partial charge in [-0.25, -0.2) is 0 Å². The zero-order chi connectivity index (χ0) is 24.5. The van der Waals surface area contributed by atoms with Crippen LogP contribution in [0.2, 0.25) is 5.02 Å². The topological polar surface area (TPSA) is 77.1 Å². The zero-order valence-corrected chi connectivity index (χ0v) is 20.6. The number of ether oxygens (including phenoxy) is 3. The van der Waals surface area contributed by atoms with E-state index in [1.165, 1.54) is 26.4 Å². The Morgan fingerprint density at radius 1 is 1.18 bits per heavy atom. The summed E-state index contributed by atoms with van der Waals surface area (Å²) in [5.74, 6) is -0.498. The number of carbonyl (C=O) groups is 2. The molecule has 1 aliphatic carbocycles. The molecule has 8 heteroatoms. The average molecular weight is 485 g/mol. The molecule has 7 nitrogen and oxygen atoms in total. The highest BCUT2D eigenvalue weighted by atomic mass is 35.5. The molecule has 0 radical (unpaired) electrons. The molecule has 2 aromatic carbocycles. The molecule has 1 N–H and O–H groups in total. The van der Waals surface area contributed by atoms with Gasteiger partial charge >= 0.3 is 0 Å². The number of nitrogens with zero attached hydrogens (tertiary/aromatic N) is 1. The van der Waals surface area contributed by atoms with Crippen molar-refractivity contribution in [2.24, 2.45) is 5.92 Å². The SMILES string of the molecule is COc1cc(OC)c2c(c1Cl)O[C@@]1(C(=O)C=C(NCCCN(C)c3ccccc3)C[C@H]1C)C2=O. The fourth-order valence-corrected chi connectivity index (χ4v) is 4.89. The lowest BCUT2D eigenvalue weighted by Crippen LogP contribution is -2.55. The number of halogens is 1. The molecule has 34 heavy (non-hydrogen) atoms. The summed E-state index contributed by atoms with van der Waals surface area (Å²) in [7, 11) is 4.97. The third-order valence-electron chi connectivity index (χ3n) is 6.53. The molecule has 0 aromatic heterocycles. The molecule has 1 aliphatic heterocycles. The fourth-order valence-electron chi connectivity index (χ4n) is 4.63. The zero-order valence-electron chi connectivity index (χ0n) is 19.8. The van der Waals surface area contributed by atoms with E-state index in [0.29, 0.717) is 18.7 Å². The fraction of sp³-hybridized carbons (Fsp3) is 0.385. The summed E-state index contributed by atoms with van der Waals surface area (Å²) in [6.45, 7) is 3.42. The van der Waals surface area contributed by atoms with Gasteiger partial charge in [0.15, 0.2) is 5.75 Å². The molecule has 2 aliphatic rings. The van der Waals surface area contributed by atoms with Crippen LogP contribution < -0.4 is 24.4 Å². The van der Waals surface area contributed by atoms with E-state index in [9.17, 15) is 9.59 Å². The standard InChI is InChI=1S/C26H29ClN2O5/c1-16-13-17(28-11-8-12-29(2)18-9-6-5-7-10-18)14-21(30)26(16)25(31)22-19(32-3)15-20(33-4)23(27)24(22)34-26/h5-7,9-10,14-16,28H,8,11-13H2,1-4H3/t16-,26+/m1/s1. The Morgan fingerprint density at radius 3 is 2.53 bits per heavy atom. The number of carbonyl (C=O) groups excluding carboxylic acids is 2. The van der Waals surface area contributed by atoms with Crippen LogP contribution >= 0.6 is 11.6 Å². The third-order valence-corrected chi connectivity index (χ3v) is 6.89. The number of Topliss-reactive ketones (excluding diaryl/α,β-unsaturated/α-hetero) is 1. The molecule has 0 saturated carbocycles. The second-order valence-corrected chi connectivity index (χ2v) is 9.02. The van der Waals surface area contributed by atoms with E-state index in [0.717, 1.165) is 24.4 Å². The van der Waals surface area contributed by atoms with E-state index in [1.54, 1.807) is 0 Å². The van der Waals surface area contributed by atoms with Crippen molar-refractivity contribution in [1.29, 1.82) is 0 Å². The Labute approximate surface area is 204 Å². The Hall–Kier alpha value is -3.19. The van der Waals surface area contributed by atoms with Crippen molar-refractivity contribution in [1.82, 2.24) is 5.32 Å². The van der Waals surface area contributed by atoms with E-state index in [1.807, 2.05) is 25.1 Å². The van der Waals surface area contributed by atoms with Crippen LogP contribution in [0.1, 0.15) is 30.1 Å². The summed E-state index contributed by atoms with van der Waals surface area (Å²) >= 11 is 6.43. The first-order chi connectivity index (χ1) is 16.3. The van der Waals surface area contributed by atoms with Crippen molar-refractivity contribution in [3.05, 3.63) is 58.8 Å². The molecule has 2 aromatic rings. The third kappa shape index (κ3) is 3.98. The van der Waals surface area contributed by atoms with Gasteiger partial charge < -0.3 is 24.4 Å². The Kier molecular flexibility index (Phi) is 6.75. The first-order valence-corrected chi connectivity index (χ1v) is 11.6. The molecule has 4 rings (SSSR count). The van der Waals surface area contributed by atoms with Crippen molar-refractivity contribution in [2.45, 2.75) is 25.4 Å². The van der Waals surface area contributed by atoms with E-state index in [2.05, 4.69) is 29.4 Å². The van der Waals surface area contributed by atoms with E-state index in [-0.39, 0.29) is 22.1 Å². The van der Waals surface area contributed by atoms with Gasteiger partial charge in [-0.3, -0.25) is 9.59 Å². The van der Waals surface area contributed by atoms with Crippen LogP contribution in [0.5, 0.6) is 17.2 Å². The average Bonchev–Trinajstić information content (AvgIpc) is 3.16. The maximum absolute atomic E-state index is 13.5. The van der Waals surface area contributed by atoms with E-state index >= 15 is 0 Å². The van der Waals surface area contributed by atoms with Crippen LogP contribution in [-0.4, -0.2) is 51.5 Å². The van der Waals surface area contributed by atoms with Gasteiger partial charge in [0.1, 0.15) is 22.1 Å². The normalized spacial score (nSPS) is 21.1. The van der Waals surface area contributed by atoms with Crippen LogP contribution in [0, 0.1) is 5.92 Å². The number of anilines is 1. The first-order valence-electron chi connectivity index (χ1n) is 11.3. The molecule has 2 atom stereocenters. The van der Waals surface area contributed by atoms with Crippen molar-refractivity contribution in [3.8, 4) is 17.2 Å². The minimum atomic E-state index is -1.65. The molecule has 180 valence electrons. The number of methoxy groups -OCH3 is 2. The lowest BCUT2D eigenvalue weighted by molar-refractivity contribution is -0.129. The molecular weight excluding hydrogens is 456 g/mol. The second kappa shape index (κ2) is 9.58. The van der Waals surface area contributed by atoms with Gasteiger partial charge in [-0.05, 0) is 25.0 Å². The van der Waals surface area contributed by atoms with Gasteiger partial charge in [-0.15, -0.1) is 0 Å². The van der Waals surface area contributed by atoms with Crippen molar-refractivity contribution in [2.75, 3.05) is 39.3 Å². The van der Waals surface area contributed by atoms with Gasteiger partial charge in [-0.1, -0.05) is 36.7 Å². The maximum atomic E-state index is 13.5. The van der Waals surface area contributed by atoms with Crippen molar-refractivity contribution < 1.29 is 23.8 Å². The Bertz CT molecular complexity index is 1130. The van der Waals surface area contributed by atoms with Crippen molar-refractivity contribution >= 4 is 28.9 Å². The molecule has 0 fully saturated rings. The summed E-state index contributed by atoms with van der Waals surface area (Å²) in [4.78, 5) is 29.0. The number of ketones is 2. The van der Waals surface area contributed by atoms with E-state index < -0.39 is 23.1 Å². The van der Waals surface area contributed by atoms with Gasteiger partial charge in [0, 0.05) is 49.6 Å². The van der Waals surface area contributed by atoms with Crippen molar-refractivity contribution in [3.63, 3.8) is 0 Å². The summed E-state index contributed by atoms with van der Waals surface area (Å²) in [6.07, 6.45) is 2.88.